The fraction of sp³-hybridized carbons (Fsp3) is 0.538. The van der Waals surface area contributed by atoms with Crippen LogP contribution in [0.3, 0.4) is 0 Å². The van der Waals surface area contributed by atoms with E-state index in [9.17, 15) is 14.7 Å². The number of hydrogen-bond acceptors (Lipinski definition) is 4. The maximum atomic E-state index is 11.7. The molecule has 0 aliphatic carbocycles. The Balaban J connectivity index is 2.29. The molecule has 0 aliphatic rings. The maximum Gasteiger partial charge on any atom is 0.261 e. The lowest BCUT2D eigenvalue weighted by atomic mass is 10.0. The van der Waals surface area contributed by atoms with Gasteiger partial charge in [-0.25, -0.2) is 0 Å². The van der Waals surface area contributed by atoms with E-state index in [0.717, 1.165) is 0 Å². The summed E-state index contributed by atoms with van der Waals surface area (Å²) in [5.41, 5.74) is -0.588. The molecule has 19 heavy (non-hydrogen) atoms. The smallest absolute Gasteiger partial charge is 0.261 e. The summed E-state index contributed by atoms with van der Waals surface area (Å²) in [4.78, 5) is 23.9. The van der Waals surface area contributed by atoms with Crippen LogP contribution in [0.5, 0.6) is 0 Å². The Hall–Kier alpha value is -1.40. The van der Waals surface area contributed by atoms with Crippen LogP contribution in [0, 0.1) is 0 Å². The van der Waals surface area contributed by atoms with E-state index in [0.29, 0.717) is 11.3 Å². The molecule has 106 valence electrons. The van der Waals surface area contributed by atoms with Gasteiger partial charge in [-0.3, -0.25) is 9.59 Å². The zero-order valence-electron chi connectivity index (χ0n) is 11.2. The zero-order chi connectivity index (χ0) is 14.3. The second-order valence-corrected chi connectivity index (χ2v) is 5.55. The monoisotopic (exact) mass is 284 g/mol. The van der Waals surface area contributed by atoms with Gasteiger partial charge in [-0.15, -0.1) is 11.3 Å². The van der Waals surface area contributed by atoms with Crippen molar-refractivity contribution in [3.8, 4) is 0 Å². The van der Waals surface area contributed by atoms with Gasteiger partial charge >= 0.3 is 0 Å². The molecule has 0 saturated carbocycles. The van der Waals surface area contributed by atoms with E-state index in [-0.39, 0.29) is 31.4 Å². The van der Waals surface area contributed by atoms with E-state index in [1.54, 1.807) is 19.1 Å². The van der Waals surface area contributed by atoms with Crippen molar-refractivity contribution < 1.29 is 14.7 Å². The van der Waals surface area contributed by atoms with Gasteiger partial charge in [0.2, 0.25) is 5.91 Å². The van der Waals surface area contributed by atoms with Crippen LogP contribution in [-0.2, 0) is 4.79 Å². The van der Waals surface area contributed by atoms with E-state index in [1.165, 1.54) is 11.3 Å². The first-order valence-corrected chi connectivity index (χ1v) is 7.12. The van der Waals surface area contributed by atoms with Crippen LogP contribution in [0.2, 0.25) is 0 Å². The Kier molecular flexibility index (Phi) is 5.98. The minimum Gasteiger partial charge on any atom is -0.394 e. The van der Waals surface area contributed by atoms with E-state index in [2.05, 4.69) is 10.6 Å². The van der Waals surface area contributed by atoms with Crippen LogP contribution in [0.1, 0.15) is 36.4 Å². The lowest BCUT2D eigenvalue weighted by Crippen LogP contribution is -2.49. The van der Waals surface area contributed by atoms with Crippen LogP contribution in [0.4, 0.5) is 0 Å². The first-order chi connectivity index (χ1) is 9.00. The fourth-order valence-electron chi connectivity index (χ4n) is 1.42. The van der Waals surface area contributed by atoms with Crippen molar-refractivity contribution in [1.82, 2.24) is 10.6 Å². The molecule has 3 N–H and O–H groups in total. The van der Waals surface area contributed by atoms with E-state index in [4.69, 9.17) is 0 Å². The quantitative estimate of drug-likeness (QED) is 0.702. The Morgan fingerprint density at radius 2 is 2.21 bits per heavy atom. The van der Waals surface area contributed by atoms with Crippen molar-refractivity contribution in [1.29, 1.82) is 0 Å². The molecule has 0 saturated heterocycles. The number of aliphatic hydroxyl groups excluding tert-OH is 1. The number of carbonyl (C=O) groups is 2. The van der Waals surface area contributed by atoms with Crippen LogP contribution in [-0.4, -0.2) is 35.6 Å². The molecule has 0 aromatic carbocycles. The average Bonchev–Trinajstić information content (AvgIpc) is 2.92. The van der Waals surface area contributed by atoms with Crippen LogP contribution in [0.15, 0.2) is 17.5 Å². The van der Waals surface area contributed by atoms with Crippen molar-refractivity contribution in [3.05, 3.63) is 22.4 Å². The van der Waals surface area contributed by atoms with Crippen molar-refractivity contribution in [2.24, 2.45) is 0 Å². The normalized spacial score (nSPS) is 13.6. The molecule has 0 spiro atoms. The van der Waals surface area contributed by atoms with Gasteiger partial charge < -0.3 is 15.7 Å². The number of thiophene rings is 1. The molecule has 1 rings (SSSR count). The first-order valence-electron chi connectivity index (χ1n) is 6.24. The third kappa shape index (κ3) is 5.00. The largest absolute Gasteiger partial charge is 0.394 e. The maximum absolute atomic E-state index is 11.7. The highest BCUT2D eigenvalue weighted by Gasteiger charge is 2.22. The van der Waals surface area contributed by atoms with Gasteiger partial charge in [-0.2, -0.15) is 0 Å². The summed E-state index contributed by atoms with van der Waals surface area (Å²) in [5, 5.41) is 16.5. The second-order valence-electron chi connectivity index (χ2n) is 4.60. The highest BCUT2D eigenvalue weighted by Crippen LogP contribution is 2.08. The molecule has 0 aliphatic heterocycles. The summed E-state index contributed by atoms with van der Waals surface area (Å²) in [6.07, 6.45) is 0.851. The Labute approximate surface area is 117 Å². The van der Waals surface area contributed by atoms with Gasteiger partial charge in [0.1, 0.15) is 0 Å². The topological polar surface area (TPSA) is 78.4 Å². The van der Waals surface area contributed by atoms with E-state index < -0.39 is 5.54 Å². The second kappa shape index (κ2) is 7.25. The molecule has 1 atom stereocenters. The van der Waals surface area contributed by atoms with Gasteiger partial charge in [0.15, 0.2) is 0 Å². The molecule has 0 radical (unpaired) electrons. The molecule has 5 nitrogen and oxygen atoms in total. The molecule has 1 heterocycles. The molecule has 0 fully saturated rings. The van der Waals surface area contributed by atoms with Gasteiger partial charge in [-0.1, -0.05) is 13.0 Å². The Bertz CT molecular complexity index is 414. The minimum atomic E-state index is -0.588. The van der Waals surface area contributed by atoms with Gasteiger partial charge in [-0.05, 0) is 24.8 Å². The summed E-state index contributed by atoms with van der Waals surface area (Å²) < 4.78 is 0. The van der Waals surface area contributed by atoms with E-state index in [1.807, 2.05) is 12.3 Å². The van der Waals surface area contributed by atoms with E-state index >= 15 is 0 Å². The summed E-state index contributed by atoms with van der Waals surface area (Å²) >= 11 is 1.36. The lowest BCUT2D eigenvalue weighted by Gasteiger charge is -2.27. The molecule has 1 unspecified atom stereocenters. The van der Waals surface area contributed by atoms with Gasteiger partial charge in [0.25, 0.3) is 5.91 Å². The Morgan fingerprint density at radius 1 is 1.47 bits per heavy atom. The standard InChI is InChI=1S/C13H20N2O3S/c1-3-13(2,9-16)15-11(17)6-7-14-12(18)10-5-4-8-19-10/h4-5,8,16H,3,6-7,9H2,1-2H3,(H,14,18)(H,15,17). The van der Waals surface area contributed by atoms with Gasteiger partial charge in [0.05, 0.1) is 17.0 Å². The van der Waals surface area contributed by atoms with Crippen LogP contribution in [0.25, 0.3) is 0 Å². The van der Waals surface area contributed by atoms with Crippen molar-refractivity contribution >= 4 is 23.2 Å². The highest BCUT2D eigenvalue weighted by molar-refractivity contribution is 7.12. The molecular weight excluding hydrogens is 264 g/mol. The predicted octanol–water partition coefficient (Wildman–Crippen LogP) is 1.15. The van der Waals surface area contributed by atoms with Crippen LogP contribution < -0.4 is 10.6 Å². The summed E-state index contributed by atoms with van der Waals surface area (Å²) in [7, 11) is 0. The number of hydrogen-bond donors (Lipinski definition) is 3. The molecule has 2 amide bonds. The lowest BCUT2D eigenvalue weighted by molar-refractivity contribution is -0.123. The van der Waals surface area contributed by atoms with Crippen molar-refractivity contribution in [3.63, 3.8) is 0 Å². The van der Waals surface area contributed by atoms with Gasteiger partial charge in [0, 0.05) is 13.0 Å². The average molecular weight is 284 g/mol. The van der Waals surface area contributed by atoms with Crippen molar-refractivity contribution in [2.75, 3.05) is 13.2 Å². The first kappa shape index (κ1) is 15.7. The number of carbonyl (C=O) groups excluding carboxylic acids is 2. The summed E-state index contributed by atoms with van der Waals surface area (Å²) in [6.45, 7) is 3.87. The Morgan fingerprint density at radius 3 is 2.74 bits per heavy atom. The summed E-state index contributed by atoms with van der Waals surface area (Å²) in [5.74, 6) is -0.340. The molecule has 1 aromatic rings. The minimum absolute atomic E-state index is 0.100. The summed E-state index contributed by atoms with van der Waals surface area (Å²) in [6, 6.07) is 3.54. The third-order valence-electron chi connectivity index (χ3n) is 2.95. The predicted molar refractivity (Wildman–Crippen MR) is 75.2 cm³/mol. The number of amides is 2. The molecule has 1 aromatic heterocycles. The van der Waals surface area contributed by atoms with Crippen molar-refractivity contribution in [2.45, 2.75) is 32.2 Å². The number of rotatable bonds is 7. The van der Waals surface area contributed by atoms with Crippen LogP contribution >= 0.6 is 11.3 Å². The zero-order valence-corrected chi connectivity index (χ0v) is 12.0. The number of nitrogens with one attached hydrogen (secondary N) is 2. The molecule has 6 heteroatoms. The highest BCUT2D eigenvalue weighted by atomic mass is 32.1. The number of aliphatic hydroxyl groups is 1. The molecular formula is C13H20N2O3S. The fourth-order valence-corrected chi connectivity index (χ4v) is 2.06. The third-order valence-corrected chi connectivity index (χ3v) is 3.82. The SMILES string of the molecule is CCC(C)(CO)NC(=O)CCNC(=O)c1cccs1. The molecule has 0 bridgehead atoms.